The van der Waals surface area contributed by atoms with Crippen LogP contribution in [0.1, 0.15) is 6.92 Å². The highest BCUT2D eigenvalue weighted by atomic mass is 32.2. The average molecular weight is 340 g/mol. The highest BCUT2D eigenvalue weighted by Gasteiger charge is 2.38. The molecular weight excluding hydrogens is 320 g/mol. The van der Waals surface area contributed by atoms with E-state index in [0.717, 1.165) is 0 Å². The lowest BCUT2D eigenvalue weighted by atomic mass is 10.1. The summed E-state index contributed by atoms with van der Waals surface area (Å²) in [5, 5.41) is 0. The molecule has 8 heteroatoms. The molecule has 0 radical (unpaired) electrons. The molecule has 2 heterocycles. The summed E-state index contributed by atoms with van der Waals surface area (Å²) in [6, 6.07) is 7.24. The van der Waals surface area contributed by atoms with Gasteiger partial charge in [0.05, 0.1) is 6.26 Å². The molecule has 0 saturated carbocycles. The second-order valence-electron chi connectivity index (χ2n) is 5.80. The normalized spacial score (nSPS) is 25.2. The number of sulfonamides is 1. The lowest BCUT2D eigenvalue weighted by Crippen LogP contribution is -2.56. The Kier molecular flexibility index (Phi) is 4.20. The summed E-state index contributed by atoms with van der Waals surface area (Å²) in [7, 11) is -3.21. The van der Waals surface area contributed by atoms with E-state index in [1.807, 2.05) is 12.1 Å². The van der Waals surface area contributed by atoms with Crippen molar-refractivity contribution in [3.8, 4) is 11.5 Å². The van der Waals surface area contributed by atoms with Crippen LogP contribution < -0.4 is 9.47 Å². The van der Waals surface area contributed by atoms with Gasteiger partial charge in [0.1, 0.15) is 6.10 Å². The largest absolute Gasteiger partial charge is 0.482 e. The summed E-state index contributed by atoms with van der Waals surface area (Å²) in [5.74, 6) is 1.02. The third kappa shape index (κ3) is 3.28. The molecule has 1 fully saturated rings. The van der Waals surface area contributed by atoms with Gasteiger partial charge in [0.15, 0.2) is 11.5 Å². The fraction of sp³-hybridized carbons (Fsp3) is 0.533. The van der Waals surface area contributed by atoms with E-state index in [4.69, 9.17) is 9.47 Å². The predicted molar refractivity (Wildman–Crippen MR) is 83.9 cm³/mol. The Morgan fingerprint density at radius 2 is 1.65 bits per heavy atom. The van der Waals surface area contributed by atoms with Gasteiger partial charge in [0.25, 0.3) is 5.91 Å². The van der Waals surface area contributed by atoms with Gasteiger partial charge in [-0.05, 0) is 19.1 Å². The van der Waals surface area contributed by atoms with E-state index in [9.17, 15) is 13.2 Å². The van der Waals surface area contributed by atoms with Gasteiger partial charge < -0.3 is 14.4 Å². The fourth-order valence-corrected chi connectivity index (χ4v) is 3.64. The van der Waals surface area contributed by atoms with Gasteiger partial charge in [-0.15, -0.1) is 0 Å². The maximum atomic E-state index is 12.7. The second kappa shape index (κ2) is 6.01. The van der Waals surface area contributed by atoms with Crippen LogP contribution in [0.2, 0.25) is 0 Å². The van der Waals surface area contributed by atoms with Crippen LogP contribution >= 0.6 is 0 Å². The molecule has 2 aliphatic rings. The molecule has 7 nitrogen and oxygen atoms in total. The molecule has 1 aromatic rings. The summed E-state index contributed by atoms with van der Waals surface area (Å²) in [6.45, 7) is 3.14. The monoisotopic (exact) mass is 340 g/mol. The average Bonchev–Trinajstić information content (AvgIpc) is 2.53. The number of hydrogen-bond donors (Lipinski definition) is 0. The minimum absolute atomic E-state index is 0.167. The van der Waals surface area contributed by atoms with Crippen molar-refractivity contribution >= 4 is 15.9 Å². The molecule has 0 aliphatic carbocycles. The van der Waals surface area contributed by atoms with Crippen molar-refractivity contribution in [3.63, 3.8) is 0 Å². The van der Waals surface area contributed by atoms with Gasteiger partial charge in [0, 0.05) is 26.2 Å². The highest BCUT2D eigenvalue weighted by Crippen LogP contribution is 2.34. The van der Waals surface area contributed by atoms with E-state index in [-0.39, 0.29) is 5.91 Å². The summed E-state index contributed by atoms with van der Waals surface area (Å²) in [4.78, 5) is 14.3. The van der Waals surface area contributed by atoms with Crippen molar-refractivity contribution in [2.24, 2.45) is 0 Å². The minimum atomic E-state index is -3.21. The van der Waals surface area contributed by atoms with Crippen molar-refractivity contribution in [3.05, 3.63) is 24.3 Å². The van der Waals surface area contributed by atoms with Gasteiger partial charge in [-0.3, -0.25) is 4.79 Å². The second-order valence-corrected chi connectivity index (χ2v) is 7.78. The van der Waals surface area contributed by atoms with Crippen LogP contribution in [-0.4, -0.2) is 68.2 Å². The van der Waals surface area contributed by atoms with Crippen LogP contribution in [-0.2, 0) is 14.8 Å². The Bertz CT molecular complexity index is 698. The summed E-state index contributed by atoms with van der Waals surface area (Å²) in [6.07, 6.45) is 0.0710. The zero-order valence-electron chi connectivity index (χ0n) is 13.1. The van der Waals surface area contributed by atoms with Crippen molar-refractivity contribution in [2.75, 3.05) is 32.4 Å². The lowest BCUT2D eigenvalue weighted by Gasteiger charge is -2.38. The standard InChI is InChI=1S/C15H20N2O5S/c1-11-14(22-13-6-4-3-5-12(13)21-11)15(18)16-7-9-17(10-8-16)23(2,19)20/h3-6,11,14H,7-10H2,1-2H3. The Morgan fingerprint density at radius 1 is 1.09 bits per heavy atom. The van der Waals surface area contributed by atoms with Crippen LogP contribution in [0.3, 0.4) is 0 Å². The number of carbonyl (C=O) groups excluding carboxylic acids is 1. The molecule has 2 unspecified atom stereocenters. The summed E-state index contributed by atoms with van der Waals surface area (Å²) < 4.78 is 36.0. The number of piperazine rings is 1. The van der Waals surface area contributed by atoms with Crippen molar-refractivity contribution in [1.82, 2.24) is 9.21 Å². The topological polar surface area (TPSA) is 76.2 Å². The molecule has 2 aliphatic heterocycles. The van der Waals surface area contributed by atoms with Crippen molar-refractivity contribution < 1.29 is 22.7 Å². The number of fused-ring (bicyclic) bond motifs is 1. The molecule has 3 rings (SSSR count). The molecule has 2 atom stereocenters. The SMILES string of the molecule is CC1Oc2ccccc2OC1C(=O)N1CCN(S(C)(=O)=O)CC1. The van der Waals surface area contributed by atoms with Crippen LogP contribution in [0.25, 0.3) is 0 Å². The summed E-state index contributed by atoms with van der Waals surface area (Å²) >= 11 is 0. The van der Waals surface area contributed by atoms with Crippen molar-refractivity contribution in [2.45, 2.75) is 19.1 Å². The third-order valence-electron chi connectivity index (χ3n) is 4.11. The lowest BCUT2D eigenvalue weighted by molar-refractivity contribution is -0.145. The van der Waals surface area contributed by atoms with Gasteiger partial charge in [-0.2, -0.15) is 4.31 Å². The minimum Gasteiger partial charge on any atom is -0.482 e. The first kappa shape index (κ1) is 16.1. The van der Waals surface area contributed by atoms with Crippen LogP contribution in [0.5, 0.6) is 11.5 Å². The molecule has 1 saturated heterocycles. The molecule has 0 bridgehead atoms. The van der Waals surface area contributed by atoms with E-state index in [2.05, 4.69) is 0 Å². The van der Waals surface area contributed by atoms with E-state index >= 15 is 0 Å². The molecule has 0 N–H and O–H groups in total. The maximum Gasteiger partial charge on any atom is 0.267 e. The number of rotatable bonds is 2. The molecular formula is C15H20N2O5S. The molecule has 1 aromatic carbocycles. The van der Waals surface area contributed by atoms with E-state index in [0.29, 0.717) is 37.7 Å². The van der Waals surface area contributed by atoms with Gasteiger partial charge in [-0.1, -0.05) is 12.1 Å². The number of ether oxygens (including phenoxy) is 2. The first-order valence-corrected chi connectivity index (χ1v) is 9.37. The molecule has 126 valence electrons. The van der Waals surface area contributed by atoms with E-state index < -0.39 is 22.2 Å². The highest BCUT2D eigenvalue weighted by molar-refractivity contribution is 7.88. The number of carbonyl (C=O) groups is 1. The van der Waals surface area contributed by atoms with E-state index in [1.54, 1.807) is 24.0 Å². The Balaban J connectivity index is 1.68. The van der Waals surface area contributed by atoms with Gasteiger partial charge in [0.2, 0.25) is 16.1 Å². The fourth-order valence-electron chi connectivity index (χ4n) is 2.81. The maximum absolute atomic E-state index is 12.7. The quantitative estimate of drug-likeness (QED) is 0.775. The van der Waals surface area contributed by atoms with Crippen LogP contribution in [0.4, 0.5) is 0 Å². The van der Waals surface area contributed by atoms with Crippen LogP contribution in [0.15, 0.2) is 24.3 Å². The predicted octanol–water partition coefficient (Wildman–Crippen LogP) is 0.319. The summed E-state index contributed by atoms with van der Waals surface area (Å²) in [5.41, 5.74) is 0. The zero-order chi connectivity index (χ0) is 16.6. The first-order chi connectivity index (χ1) is 10.9. The van der Waals surface area contributed by atoms with Crippen LogP contribution in [0, 0.1) is 0 Å². The number of nitrogens with zero attached hydrogens (tertiary/aromatic N) is 2. The number of amides is 1. The number of para-hydroxylation sites is 2. The van der Waals surface area contributed by atoms with E-state index in [1.165, 1.54) is 10.6 Å². The third-order valence-corrected chi connectivity index (χ3v) is 5.41. The zero-order valence-corrected chi connectivity index (χ0v) is 14.0. The molecule has 0 aromatic heterocycles. The molecule has 0 spiro atoms. The van der Waals surface area contributed by atoms with Crippen molar-refractivity contribution in [1.29, 1.82) is 0 Å². The Hall–Kier alpha value is -1.80. The number of benzene rings is 1. The molecule has 23 heavy (non-hydrogen) atoms. The molecule has 1 amide bonds. The number of hydrogen-bond acceptors (Lipinski definition) is 5. The Labute approximate surface area is 135 Å². The first-order valence-electron chi connectivity index (χ1n) is 7.52. The Morgan fingerprint density at radius 3 is 2.22 bits per heavy atom. The smallest absolute Gasteiger partial charge is 0.267 e. The van der Waals surface area contributed by atoms with Gasteiger partial charge in [-0.25, -0.2) is 8.42 Å². The van der Waals surface area contributed by atoms with Gasteiger partial charge >= 0.3 is 0 Å².